The van der Waals surface area contributed by atoms with E-state index in [4.69, 9.17) is 0 Å². The number of hydrogen-bond acceptors (Lipinski definition) is 2. The maximum absolute atomic E-state index is 13.4. The number of rotatable bonds is 3. The third-order valence-electron chi connectivity index (χ3n) is 2.73. The van der Waals surface area contributed by atoms with Crippen LogP contribution in [-0.4, -0.2) is 8.42 Å². The molecule has 100 valence electrons. The Hall–Kier alpha value is -1.75. The van der Waals surface area contributed by atoms with Gasteiger partial charge in [-0.1, -0.05) is 17.7 Å². The van der Waals surface area contributed by atoms with Crippen LogP contribution in [0.5, 0.6) is 0 Å². The van der Waals surface area contributed by atoms with Crippen LogP contribution in [0.25, 0.3) is 0 Å². The van der Waals surface area contributed by atoms with Gasteiger partial charge in [0.15, 0.2) is 9.84 Å². The van der Waals surface area contributed by atoms with Gasteiger partial charge in [0.05, 0.1) is 10.6 Å². The molecule has 0 spiro atoms. The van der Waals surface area contributed by atoms with E-state index in [1.807, 2.05) is 6.92 Å². The molecule has 0 amide bonds. The quantitative estimate of drug-likeness (QED) is 0.866. The van der Waals surface area contributed by atoms with Crippen molar-refractivity contribution < 1.29 is 17.2 Å². The van der Waals surface area contributed by atoms with Gasteiger partial charge in [-0.2, -0.15) is 0 Å². The zero-order valence-corrected chi connectivity index (χ0v) is 11.0. The fraction of sp³-hybridized carbons (Fsp3) is 0.143. The second kappa shape index (κ2) is 5.09. The van der Waals surface area contributed by atoms with Gasteiger partial charge in [0, 0.05) is 5.56 Å². The highest BCUT2D eigenvalue weighted by molar-refractivity contribution is 7.90. The topological polar surface area (TPSA) is 34.1 Å². The average Bonchev–Trinajstić information content (AvgIpc) is 2.34. The molecular weight excluding hydrogens is 270 g/mol. The molecule has 0 aliphatic rings. The van der Waals surface area contributed by atoms with Crippen molar-refractivity contribution in [3.05, 3.63) is 65.2 Å². The fourth-order valence-corrected chi connectivity index (χ4v) is 3.04. The van der Waals surface area contributed by atoms with E-state index in [1.54, 1.807) is 12.1 Å². The van der Waals surface area contributed by atoms with Crippen molar-refractivity contribution in [1.82, 2.24) is 0 Å². The van der Waals surface area contributed by atoms with Crippen molar-refractivity contribution in [3.8, 4) is 0 Å². The van der Waals surface area contributed by atoms with E-state index in [-0.39, 0.29) is 10.5 Å². The van der Waals surface area contributed by atoms with Crippen LogP contribution in [0.2, 0.25) is 0 Å². The van der Waals surface area contributed by atoms with E-state index in [0.29, 0.717) is 0 Å². The van der Waals surface area contributed by atoms with Gasteiger partial charge in [-0.25, -0.2) is 17.2 Å². The Morgan fingerprint density at radius 2 is 1.63 bits per heavy atom. The predicted octanol–water partition coefficient (Wildman–Crippen LogP) is 3.25. The van der Waals surface area contributed by atoms with Crippen molar-refractivity contribution in [3.63, 3.8) is 0 Å². The summed E-state index contributed by atoms with van der Waals surface area (Å²) in [5.74, 6) is -1.94. The lowest BCUT2D eigenvalue weighted by Crippen LogP contribution is -2.07. The summed E-state index contributed by atoms with van der Waals surface area (Å²) in [5, 5.41) is 0. The van der Waals surface area contributed by atoms with Gasteiger partial charge in [0.2, 0.25) is 0 Å². The minimum atomic E-state index is -3.68. The predicted molar refractivity (Wildman–Crippen MR) is 68.4 cm³/mol. The van der Waals surface area contributed by atoms with Gasteiger partial charge < -0.3 is 0 Å². The maximum atomic E-state index is 13.4. The lowest BCUT2D eigenvalue weighted by atomic mass is 10.2. The van der Waals surface area contributed by atoms with E-state index < -0.39 is 27.2 Å². The fourth-order valence-electron chi connectivity index (χ4n) is 1.69. The number of halogens is 2. The second-order valence-electron chi connectivity index (χ2n) is 4.31. The second-order valence-corrected chi connectivity index (χ2v) is 6.30. The number of hydrogen-bond donors (Lipinski definition) is 0. The normalized spacial score (nSPS) is 11.5. The molecule has 0 heterocycles. The molecule has 2 aromatic carbocycles. The Balaban J connectivity index is 2.36. The number of benzene rings is 2. The lowest BCUT2D eigenvalue weighted by Gasteiger charge is -2.06. The average molecular weight is 282 g/mol. The van der Waals surface area contributed by atoms with Gasteiger partial charge in [0.1, 0.15) is 11.6 Å². The molecule has 2 aromatic rings. The maximum Gasteiger partial charge on any atom is 0.182 e. The Bertz CT molecular complexity index is 692. The molecule has 19 heavy (non-hydrogen) atoms. The van der Waals surface area contributed by atoms with E-state index in [0.717, 1.165) is 23.8 Å². The number of aryl methyl sites for hydroxylation is 1. The van der Waals surface area contributed by atoms with Crippen LogP contribution in [0.4, 0.5) is 8.78 Å². The third-order valence-corrected chi connectivity index (χ3v) is 4.41. The summed E-state index contributed by atoms with van der Waals surface area (Å²) < 4.78 is 50.6. The van der Waals surface area contributed by atoms with Gasteiger partial charge in [0.25, 0.3) is 0 Å². The molecule has 5 heteroatoms. The molecule has 0 aliphatic carbocycles. The van der Waals surface area contributed by atoms with Crippen LogP contribution < -0.4 is 0 Å². The van der Waals surface area contributed by atoms with Gasteiger partial charge in [-0.15, -0.1) is 0 Å². The molecular formula is C14H12F2O2S. The summed E-state index contributed by atoms with van der Waals surface area (Å²) in [6.07, 6.45) is 0. The van der Waals surface area contributed by atoms with Gasteiger partial charge in [-0.3, -0.25) is 0 Å². The third kappa shape index (κ3) is 3.17. The van der Waals surface area contributed by atoms with E-state index in [1.165, 1.54) is 12.1 Å². The first kappa shape index (κ1) is 13.7. The molecule has 0 saturated heterocycles. The van der Waals surface area contributed by atoms with E-state index in [9.17, 15) is 17.2 Å². The Labute approximate surface area is 110 Å². The molecule has 2 nitrogen and oxygen atoms in total. The molecule has 2 rings (SSSR count). The molecule has 0 fully saturated rings. The Morgan fingerprint density at radius 1 is 1.00 bits per heavy atom. The zero-order valence-electron chi connectivity index (χ0n) is 10.2. The van der Waals surface area contributed by atoms with Crippen LogP contribution in [-0.2, 0) is 15.6 Å². The van der Waals surface area contributed by atoms with Crippen LogP contribution >= 0.6 is 0 Å². The SMILES string of the molecule is Cc1ccc(S(=O)(=O)Cc2cc(F)ccc2F)cc1. The van der Waals surface area contributed by atoms with Crippen LogP contribution in [0.3, 0.4) is 0 Å². The minimum absolute atomic E-state index is 0.0989. The summed E-state index contributed by atoms with van der Waals surface area (Å²) in [6, 6.07) is 9.03. The van der Waals surface area contributed by atoms with Crippen molar-refractivity contribution in [2.75, 3.05) is 0 Å². The largest absolute Gasteiger partial charge is 0.223 e. The summed E-state index contributed by atoms with van der Waals surface area (Å²) in [7, 11) is -3.68. The van der Waals surface area contributed by atoms with Crippen LogP contribution in [0.1, 0.15) is 11.1 Å². The molecule has 0 bridgehead atoms. The summed E-state index contributed by atoms with van der Waals surface area (Å²) in [5.41, 5.74) is 0.761. The van der Waals surface area contributed by atoms with E-state index >= 15 is 0 Å². The lowest BCUT2D eigenvalue weighted by molar-refractivity contribution is 0.578. The van der Waals surface area contributed by atoms with Crippen molar-refractivity contribution >= 4 is 9.84 Å². The molecule has 0 N–H and O–H groups in total. The first-order chi connectivity index (χ1) is 8.88. The van der Waals surface area contributed by atoms with E-state index in [2.05, 4.69) is 0 Å². The summed E-state index contributed by atoms with van der Waals surface area (Å²) in [4.78, 5) is 0.0989. The smallest absolute Gasteiger partial charge is 0.182 e. The molecule has 0 saturated carbocycles. The standard InChI is InChI=1S/C14H12F2O2S/c1-10-2-5-13(6-3-10)19(17,18)9-11-8-12(15)4-7-14(11)16/h2-8H,9H2,1H3. The molecule has 0 unspecified atom stereocenters. The van der Waals surface area contributed by atoms with Crippen LogP contribution in [0, 0.1) is 18.6 Å². The molecule has 0 aromatic heterocycles. The molecule has 0 atom stereocenters. The summed E-state index contributed by atoms with van der Waals surface area (Å²) >= 11 is 0. The zero-order chi connectivity index (χ0) is 14.0. The highest BCUT2D eigenvalue weighted by atomic mass is 32.2. The van der Waals surface area contributed by atoms with Crippen LogP contribution in [0.15, 0.2) is 47.4 Å². The number of sulfone groups is 1. The first-order valence-corrected chi connectivity index (χ1v) is 7.27. The molecule has 0 radical (unpaired) electrons. The molecule has 0 aliphatic heterocycles. The van der Waals surface area contributed by atoms with Gasteiger partial charge >= 0.3 is 0 Å². The minimum Gasteiger partial charge on any atom is -0.223 e. The highest BCUT2D eigenvalue weighted by Gasteiger charge is 2.18. The van der Waals surface area contributed by atoms with Crippen molar-refractivity contribution in [1.29, 1.82) is 0 Å². The van der Waals surface area contributed by atoms with Crippen molar-refractivity contribution in [2.24, 2.45) is 0 Å². The Kier molecular flexibility index (Phi) is 3.66. The monoisotopic (exact) mass is 282 g/mol. The highest BCUT2D eigenvalue weighted by Crippen LogP contribution is 2.19. The first-order valence-electron chi connectivity index (χ1n) is 5.62. The van der Waals surface area contributed by atoms with Crippen molar-refractivity contribution in [2.45, 2.75) is 17.6 Å². The van der Waals surface area contributed by atoms with Gasteiger partial charge in [-0.05, 0) is 37.3 Å². The summed E-state index contributed by atoms with van der Waals surface area (Å²) in [6.45, 7) is 1.84. The Morgan fingerprint density at radius 3 is 2.26 bits per heavy atom.